The minimum absolute atomic E-state index is 0.0818. The number of fused-ring (bicyclic) bond motifs is 1. The summed E-state index contributed by atoms with van der Waals surface area (Å²) in [6.45, 7) is 0.571. The quantitative estimate of drug-likeness (QED) is 0.859. The van der Waals surface area contributed by atoms with Gasteiger partial charge in [0.05, 0.1) is 19.3 Å². The summed E-state index contributed by atoms with van der Waals surface area (Å²) in [7, 11) is 1.64. The van der Waals surface area contributed by atoms with Gasteiger partial charge in [0.15, 0.2) is 0 Å². The van der Waals surface area contributed by atoms with Crippen molar-refractivity contribution in [3.05, 3.63) is 71.8 Å². The molecular formula is C18H17NO2. The fourth-order valence-corrected chi connectivity index (χ4v) is 2.58. The lowest BCUT2D eigenvalue weighted by atomic mass is 10.1. The normalized spacial score (nSPS) is 14.2. The second-order valence-corrected chi connectivity index (χ2v) is 4.96. The number of amides is 1. The smallest absolute Gasteiger partial charge is 0.231 e. The van der Waals surface area contributed by atoms with Crippen LogP contribution in [0.3, 0.4) is 0 Å². The van der Waals surface area contributed by atoms with Crippen molar-refractivity contribution in [1.29, 1.82) is 0 Å². The van der Waals surface area contributed by atoms with E-state index in [1.807, 2.05) is 65.6 Å². The monoisotopic (exact) mass is 279 g/mol. The van der Waals surface area contributed by atoms with Crippen molar-refractivity contribution in [3.8, 4) is 0 Å². The second-order valence-electron chi connectivity index (χ2n) is 4.96. The Morgan fingerprint density at radius 2 is 1.76 bits per heavy atom. The Hall–Kier alpha value is -2.55. The fraction of sp³-hybridized carbons (Fsp3) is 0.167. The van der Waals surface area contributed by atoms with Gasteiger partial charge in [-0.05, 0) is 23.8 Å². The van der Waals surface area contributed by atoms with Crippen molar-refractivity contribution in [2.45, 2.75) is 13.0 Å². The van der Waals surface area contributed by atoms with Crippen molar-refractivity contribution >= 4 is 17.4 Å². The van der Waals surface area contributed by atoms with Crippen LogP contribution in [0.4, 0.5) is 5.69 Å². The Bertz CT molecular complexity index is 677. The molecule has 0 aromatic heterocycles. The molecule has 0 spiro atoms. The summed E-state index contributed by atoms with van der Waals surface area (Å²) in [4.78, 5) is 14.3. The first-order valence-electron chi connectivity index (χ1n) is 6.97. The molecule has 3 rings (SSSR count). The molecule has 0 N–H and O–H groups in total. The number of hydrogen-bond donors (Lipinski definition) is 0. The summed E-state index contributed by atoms with van der Waals surface area (Å²) in [5, 5.41) is 0. The number of hydrogen-bond acceptors (Lipinski definition) is 2. The summed E-state index contributed by atoms with van der Waals surface area (Å²) >= 11 is 0. The van der Waals surface area contributed by atoms with E-state index in [1.54, 1.807) is 7.11 Å². The van der Waals surface area contributed by atoms with E-state index < -0.39 is 0 Å². The van der Waals surface area contributed by atoms with E-state index in [0.717, 1.165) is 22.6 Å². The van der Waals surface area contributed by atoms with Crippen LogP contribution >= 0.6 is 0 Å². The Kier molecular flexibility index (Phi) is 3.73. The lowest BCUT2D eigenvalue weighted by Crippen LogP contribution is -2.29. The zero-order chi connectivity index (χ0) is 14.7. The van der Waals surface area contributed by atoms with Gasteiger partial charge in [-0.15, -0.1) is 0 Å². The van der Waals surface area contributed by atoms with Gasteiger partial charge >= 0.3 is 0 Å². The van der Waals surface area contributed by atoms with Crippen LogP contribution in [0, 0.1) is 0 Å². The first-order valence-corrected chi connectivity index (χ1v) is 6.97. The molecule has 1 aliphatic heterocycles. The van der Waals surface area contributed by atoms with Gasteiger partial charge in [0.1, 0.15) is 5.76 Å². The molecular weight excluding hydrogens is 262 g/mol. The highest BCUT2D eigenvalue weighted by Crippen LogP contribution is 2.32. The third-order valence-corrected chi connectivity index (χ3v) is 3.63. The summed E-state index contributed by atoms with van der Waals surface area (Å²) in [6, 6.07) is 17.9. The molecule has 0 aliphatic carbocycles. The van der Waals surface area contributed by atoms with Crippen LogP contribution in [-0.2, 0) is 16.1 Å². The molecule has 106 valence electrons. The van der Waals surface area contributed by atoms with Crippen molar-refractivity contribution in [2.75, 3.05) is 12.0 Å². The zero-order valence-corrected chi connectivity index (χ0v) is 12.0. The van der Waals surface area contributed by atoms with Gasteiger partial charge in [-0.1, -0.05) is 42.5 Å². The maximum atomic E-state index is 12.5. The minimum Gasteiger partial charge on any atom is -0.496 e. The Morgan fingerprint density at radius 1 is 1.05 bits per heavy atom. The molecule has 0 saturated heterocycles. The molecule has 2 aromatic rings. The van der Waals surface area contributed by atoms with E-state index in [4.69, 9.17) is 4.74 Å². The summed E-state index contributed by atoms with van der Waals surface area (Å²) in [5.74, 6) is 0.841. The van der Waals surface area contributed by atoms with E-state index in [9.17, 15) is 4.79 Å². The molecule has 0 unspecified atom stereocenters. The van der Waals surface area contributed by atoms with E-state index in [-0.39, 0.29) is 5.91 Å². The number of carbonyl (C=O) groups is 1. The minimum atomic E-state index is 0.0818. The standard InChI is InChI=1S/C18H17NO2/c1-21-17-11-12-18(20)19(13-14-7-3-2-4-8-14)16-10-6-5-9-15(16)17/h2-11H,12-13H2,1H3. The van der Waals surface area contributed by atoms with E-state index in [0.29, 0.717) is 13.0 Å². The molecule has 1 amide bonds. The highest BCUT2D eigenvalue weighted by atomic mass is 16.5. The number of nitrogens with zero attached hydrogens (tertiary/aromatic N) is 1. The molecule has 3 heteroatoms. The predicted octanol–water partition coefficient (Wildman–Crippen LogP) is 3.61. The molecule has 0 bridgehead atoms. The van der Waals surface area contributed by atoms with Crippen LogP contribution in [0.1, 0.15) is 17.5 Å². The SMILES string of the molecule is COC1=CCC(=O)N(Cc2ccccc2)c2ccccc21. The van der Waals surface area contributed by atoms with Gasteiger partial charge in [-0.3, -0.25) is 4.79 Å². The van der Waals surface area contributed by atoms with E-state index in [2.05, 4.69) is 0 Å². The van der Waals surface area contributed by atoms with Crippen LogP contribution in [-0.4, -0.2) is 13.0 Å². The first-order chi connectivity index (χ1) is 10.3. The Labute approximate surface area is 124 Å². The van der Waals surface area contributed by atoms with Crippen molar-refractivity contribution < 1.29 is 9.53 Å². The van der Waals surface area contributed by atoms with Crippen molar-refractivity contribution in [2.24, 2.45) is 0 Å². The number of rotatable bonds is 3. The highest BCUT2D eigenvalue weighted by Gasteiger charge is 2.23. The first kappa shape index (κ1) is 13.4. The molecule has 0 fully saturated rings. The average Bonchev–Trinajstić information content (AvgIpc) is 2.66. The van der Waals surface area contributed by atoms with Gasteiger partial charge in [0.2, 0.25) is 5.91 Å². The van der Waals surface area contributed by atoms with Crippen molar-refractivity contribution in [3.63, 3.8) is 0 Å². The topological polar surface area (TPSA) is 29.5 Å². The second kappa shape index (κ2) is 5.83. The fourth-order valence-electron chi connectivity index (χ4n) is 2.58. The molecule has 1 aliphatic rings. The molecule has 0 radical (unpaired) electrons. The largest absolute Gasteiger partial charge is 0.496 e. The number of para-hydroxylation sites is 1. The van der Waals surface area contributed by atoms with Gasteiger partial charge < -0.3 is 9.64 Å². The summed E-state index contributed by atoms with van der Waals surface area (Å²) < 4.78 is 5.43. The van der Waals surface area contributed by atoms with E-state index >= 15 is 0 Å². The molecule has 0 saturated carbocycles. The zero-order valence-electron chi connectivity index (χ0n) is 12.0. The number of benzene rings is 2. The molecule has 3 nitrogen and oxygen atoms in total. The molecule has 0 atom stereocenters. The number of carbonyl (C=O) groups excluding carboxylic acids is 1. The molecule has 2 aromatic carbocycles. The van der Waals surface area contributed by atoms with Gasteiger partial charge in [-0.25, -0.2) is 0 Å². The Balaban J connectivity index is 2.02. The van der Waals surface area contributed by atoms with E-state index in [1.165, 1.54) is 0 Å². The van der Waals surface area contributed by atoms with Gasteiger partial charge in [0.25, 0.3) is 0 Å². The summed E-state index contributed by atoms with van der Waals surface area (Å²) in [5.41, 5.74) is 2.97. The summed E-state index contributed by atoms with van der Waals surface area (Å²) in [6.07, 6.45) is 2.21. The number of anilines is 1. The average molecular weight is 279 g/mol. The van der Waals surface area contributed by atoms with Crippen LogP contribution in [0.2, 0.25) is 0 Å². The maximum Gasteiger partial charge on any atom is 0.231 e. The van der Waals surface area contributed by atoms with Crippen LogP contribution in [0.25, 0.3) is 5.76 Å². The lowest BCUT2D eigenvalue weighted by Gasteiger charge is -2.23. The number of methoxy groups -OCH3 is 1. The van der Waals surface area contributed by atoms with Crippen LogP contribution in [0.15, 0.2) is 60.7 Å². The van der Waals surface area contributed by atoms with Gasteiger partial charge in [-0.2, -0.15) is 0 Å². The Morgan fingerprint density at radius 3 is 2.52 bits per heavy atom. The maximum absolute atomic E-state index is 12.5. The predicted molar refractivity (Wildman–Crippen MR) is 83.7 cm³/mol. The molecule has 21 heavy (non-hydrogen) atoms. The molecule has 1 heterocycles. The lowest BCUT2D eigenvalue weighted by molar-refractivity contribution is -0.117. The number of ether oxygens (including phenoxy) is 1. The van der Waals surface area contributed by atoms with Crippen LogP contribution in [0.5, 0.6) is 0 Å². The van der Waals surface area contributed by atoms with Crippen molar-refractivity contribution in [1.82, 2.24) is 0 Å². The van der Waals surface area contributed by atoms with Gasteiger partial charge in [0, 0.05) is 12.0 Å². The third-order valence-electron chi connectivity index (χ3n) is 3.63. The highest BCUT2D eigenvalue weighted by molar-refractivity contribution is 5.99. The third kappa shape index (κ3) is 2.68. The van der Waals surface area contributed by atoms with Crippen LogP contribution < -0.4 is 4.90 Å².